The van der Waals surface area contributed by atoms with Gasteiger partial charge < -0.3 is 20.2 Å². The quantitative estimate of drug-likeness (QED) is 0.645. The smallest absolute Gasteiger partial charge is 0.0610 e. The highest BCUT2D eigenvalue weighted by Crippen LogP contribution is 2.13. The molecule has 0 amide bonds. The van der Waals surface area contributed by atoms with Crippen LogP contribution in [0.3, 0.4) is 0 Å². The van der Waals surface area contributed by atoms with E-state index in [2.05, 4.69) is 42.8 Å². The lowest BCUT2D eigenvalue weighted by molar-refractivity contribution is 0.113. The van der Waals surface area contributed by atoms with Gasteiger partial charge in [0.2, 0.25) is 0 Å². The van der Waals surface area contributed by atoms with E-state index in [-0.39, 0.29) is 12.1 Å². The van der Waals surface area contributed by atoms with Crippen molar-refractivity contribution in [1.82, 2.24) is 15.1 Å². The van der Waals surface area contributed by atoms with Crippen molar-refractivity contribution in [2.24, 2.45) is 5.92 Å². The minimum absolute atomic E-state index is 0.102. The second-order valence-electron chi connectivity index (χ2n) is 7.29. The fraction of sp³-hybridized carbons (Fsp3) is 1.00. The van der Waals surface area contributed by atoms with Crippen LogP contribution >= 0.6 is 0 Å². The molecule has 4 nitrogen and oxygen atoms in total. The second-order valence-corrected chi connectivity index (χ2v) is 7.29. The topological polar surface area (TPSA) is 38.7 Å². The van der Waals surface area contributed by atoms with Crippen molar-refractivity contribution in [1.29, 1.82) is 0 Å². The normalized spacial score (nSPS) is 20.9. The van der Waals surface area contributed by atoms with Gasteiger partial charge in [-0.1, -0.05) is 20.8 Å². The van der Waals surface area contributed by atoms with Gasteiger partial charge in [0, 0.05) is 38.3 Å². The van der Waals surface area contributed by atoms with Gasteiger partial charge in [-0.25, -0.2) is 0 Å². The Morgan fingerprint density at radius 2 is 1.76 bits per heavy atom. The van der Waals surface area contributed by atoms with Crippen molar-refractivity contribution in [2.75, 3.05) is 52.4 Å². The summed E-state index contributed by atoms with van der Waals surface area (Å²) < 4.78 is 0. The molecule has 4 heteroatoms. The van der Waals surface area contributed by atoms with Crippen LogP contribution in [0.1, 0.15) is 47.0 Å². The molecule has 0 radical (unpaired) electrons. The molecule has 1 aliphatic rings. The molecule has 1 aliphatic heterocycles. The minimum atomic E-state index is -0.102. The number of piperazine rings is 1. The van der Waals surface area contributed by atoms with E-state index in [1.807, 2.05) is 0 Å². The summed E-state index contributed by atoms with van der Waals surface area (Å²) in [5.41, 5.74) is -0.102. The Morgan fingerprint density at radius 1 is 1.14 bits per heavy atom. The molecule has 1 fully saturated rings. The SMILES string of the molecule is CCCNC(C)(CO)CCCN1CCN(CC(C)C)CC1. The van der Waals surface area contributed by atoms with Gasteiger partial charge in [-0.2, -0.15) is 0 Å². The Morgan fingerprint density at radius 3 is 2.29 bits per heavy atom. The van der Waals surface area contributed by atoms with Crippen LogP contribution in [0.4, 0.5) is 0 Å². The maximum Gasteiger partial charge on any atom is 0.0610 e. The van der Waals surface area contributed by atoms with Crippen molar-refractivity contribution < 1.29 is 5.11 Å². The Kier molecular flexibility index (Phi) is 8.79. The first-order chi connectivity index (χ1) is 9.99. The maximum atomic E-state index is 9.58. The lowest BCUT2D eigenvalue weighted by Crippen LogP contribution is -2.49. The van der Waals surface area contributed by atoms with Gasteiger partial charge in [0.1, 0.15) is 0 Å². The van der Waals surface area contributed by atoms with Crippen molar-refractivity contribution >= 4 is 0 Å². The van der Waals surface area contributed by atoms with E-state index in [9.17, 15) is 5.11 Å². The molecular weight excluding hydrogens is 262 g/mol. The first-order valence-corrected chi connectivity index (χ1v) is 8.79. The van der Waals surface area contributed by atoms with E-state index >= 15 is 0 Å². The highest BCUT2D eigenvalue weighted by atomic mass is 16.3. The molecule has 0 saturated carbocycles. The second kappa shape index (κ2) is 9.78. The zero-order valence-corrected chi connectivity index (χ0v) is 14.7. The molecule has 1 atom stereocenters. The highest BCUT2D eigenvalue weighted by Gasteiger charge is 2.23. The Bertz CT molecular complexity index is 265. The summed E-state index contributed by atoms with van der Waals surface area (Å²) in [7, 11) is 0. The largest absolute Gasteiger partial charge is 0.394 e. The summed E-state index contributed by atoms with van der Waals surface area (Å²) in [5, 5.41) is 13.1. The lowest BCUT2D eigenvalue weighted by Gasteiger charge is -2.36. The number of aliphatic hydroxyl groups excluding tert-OH is 1. The third kappa shape index (κ3) is 7.59. The molecule has 1 saturated heterocycles. The number of hydrogen-bond donors (Lipinski definition) is 2. The van der Waals surface area contributed by atoms with Gasteiger partial charge in [-0.3, -0.25) is 0 Å². The molecule has 0 aromatic heterocycles. The van der Waals surface area contributed by atoms with Crippen LogP contribution in [0.15, 0.2) is 0 Å². The molecule has 0 spiro atoms. The lowest BCUT2D eigenvalue weighted by atomic mass is 9.96. The van der Waals surface area contributed by atoms with Crippen LogP contribution in [0.25, 0.3) is 0 Å². The number of nitrogens with one attached hydrogen (secondary N) is 1. The van der Waals surface area contributed by atoms with Crippen LogP contribution < -0.4 is 5.32 Å². The molecule has 126 valence electrons. The van der Waals surface area contributed by atoms with Crippen molar-refractivity contribution in [3.05, 3.63) is 0 Å². The molecule has 1 heterocycles. The van der Waals surface area contributed by atoms with Crippen LogP contribution in [0.2, 0.25) is 0 Å². The van der Waals surface area contributed by atoms with E-state index in [4.69, 9.17) is 0 Å². The molecule has 1 unspecified atom stereocenters. The summed E-state index contributed by atoms with van der Waals surface area (Å²) in [6.45, 7) is 17.3. The van der Waals surface area contributed by atoms with Gasteiger partial charge in [0.05, 0.1) is 6.61 Å². The Balaban J connectivity index is 2.18. The van der Waals surface area contributed by atoms with Gasteiger partial charge in [-0.15, -0.1) is 0 Å². The minimum Gasteiger partial charge on any atom is -0.394 e. The van der Waals surface area contributed by atoms with E-state index in [1.165, 1.54) is 39.3 Å². The molecule has 2 N–H and O–H groups in total. The van der Waals surface area contributed by atoms with Crippen molar-refractivity contribution in [3.8, 4) is 0 Å². The third-order valence-electron chi connectivity index (χ3n) is 4.44. The van der Waals surface area contributed by atoms with Gasteiger partial charge >= 0.3 is 0 Å². The van der Waals surface area contributed by atoms with Crippen molar-refractivity contribution in [3.63, 3.8) is 0 Å². The molecule has 0 aromatic carbocycles. The number of nitrogens with zero attached hydrogens (tertiary/aromatic N) is 2. The maximum absolute atomic E-state index is 9.58. The van der Waals surface area contributed by atoms with Crippen LogP contribution in [-0.4, -0.2) is 72.9 Å². The average Bonchev–Trinajstić information content (AvgIpc) is 2.46. The number of rotatable bonds is 10. The number of aliphatic hydroxyl groups is 1. The highest BCUT2D eigenvalue weighted by molar-refractivity contribution is 4.83. The Labute approximate surface area is 131 Å². The van der Waals surface area contributed by atoms with E-state index in [0.29, 0.717) is 0 Å². The third-order valence-corrected chi connectivity index (χ3v) is 4.44. The predicted molar refractivity (Wildman–Crippen MR) is 90.7 cm³/mol. The van der Waals surface area contributed by atoms with E-state index < -0.39 is 0 Å². The molecule has 21 heavy (non-hydrogen) atoms. The summed E-state index contributed by atoms with van der Waals surface area (Å²) in [4.78, 5) is 5.16. The Hall–Kier alpha value is -0.160. The summed E-state index contributed by atoms with van der Waals surface area (Å²) in [6, 6.07) is 0. The van der Waals surface area contributed by atoms with Gasteiger partial charge in [0.25, 0.3) is 0 Å². The van der Waals surface area contributed by atoms with Crippen LogP contribution in [0.5, 0.6) is 0 Å². The molecule has 0 bridgehead atoms. The summed E-state index contributed by atoms with van der Waals surface area (Å²) in [5.74, 6) is 0.770. The zero-order valence-electron chi connectivity index (χ0n) is 14.7. The first kappa shape index (κ1) is 18.9. The molecule has 0 aromatic rings. The van der Waals surface area contributed by atoms with E-state index in [0.717, 1.165) is 31.7 Å². The monoisotopic (exact) mass is 299 g/mol. The van der Waals surface area contributed by atoms with Gasteiger partial charge in [-0.05, 0) is 45.2 Å². The van der Waals surface area contributed by atoms with Crippen LogP contribution in [0, 0.1) is 5.92 Å². The predicted octanol–water partition coefficient (Wildman–Crippen LogP) is 1.79. The standard InChI is InChI=1S/C17H37N3O/c1-5-8-18-17(4,15-21)7-6-9-19-10-12-20(13-11-19)14-16(2)3/h16,18,21H,5-15H2,1-4H3. The summed E-state index contributed by atoms with van der Waals surface area (Å²) >= 11 is 0. The van der Waals surface area contributed by atoms with Crippen molar-refractivity contribution in [2.45, 2.75) is 52.5 Å². The fourth-order valence-corrected chi connectivity index (χ4v) is 3.05. The molecule has 0 aliphatic carbocycles. The van der Waals surface area contributed by atoms with E-state index in [1.54, 1.807) is 0 Å². The van der Waals surface area contributed by atoms with Crippen LogP contribution in [-0.2, 0) is 0 Å². The molecule has 1 rings (SSSR count). The first-order valence-electron chi connectivity index (χ1n) is 8.79. The molecular formula is C17H37N3O. The number of hydrogen-bond acceptors (Lipinski definition) is 4. The zero-order chi connectivity index (χ0) is 15.7. The average molecular weight is 300 g/mol. The fourth-order valence-electron chi connectivity index (χ4n) is 3.05. The van der Waals surface area contributed by atoms with Gasteiger partial charge in [0.15, 0.2) is 0 Å². The summed E-state index contributed by atoms with van der Waals surface area (Å²) in [6.07, 6.45) is 3.33.